The third kappa shape index (κ3) is 20.6. The van der Waals surface area contributed by atoms with E-state index in [1.807, 2.05) is 6.92 Å². The van der Waals surface area contributed by atoms with E-state index in [0.29, 0.717) is 19.5 Å². The number of unbranched alkanes of at least 4 members (excludes halogenated alkanes) is 1. The summed E-state index contributed by atoms with van der Waals surface area (Å²) in [4.78, 5) is 35.5. The predicted molar refractivity (Wildman–Crippen MR) is 90.0 cm³/mol. The number of hydrogen-bond acceptors (Lipinski definition) is 7. The van der Waals surface area contributed by atoms with E-state index < -0.39 is 17.9 Å². The molecule has 0 aliphatic rings. The number of carbonyl (C=O) groups excluding carboxylic acids is 1. The second-order valence-corrected chi connectivity index (χ2v) is 5.99. The Morgan fingerprint density at radius 1 is 0.821 bits per heavy atom. The largest absolute Gasteiger partial charge is 1.00 e. The Bertz CT molecular complexity index is 472. The molecule has 9 nitrogen and oxygen atoms in total. The van der Waals surface area contributed by atoms with Crippen molar-refractivity contribution in [1.29, 1.82) is 0 Å². The molecule has 0 amide bonds. The van der Waals surface area contributed by atoms with E-state index in [9.17, 15) is 24.6 Å². The van der Waals surface area contributed by atoms with Crippen molar-refractivity contribution in [2.45, 2.75) is 39.0 Å². The summed E-state index contributed by atoms with van der Waals surface area (Å²) in [5.74, 6) is -3.28. The fourth-order valence-corrected chi connectivity index (χ4v) is 2.24. The Morgan fingerprint density at radius 3 is 1.75 bits per heavy atom. The maximum Gasteiger partial charge on any atom is 1.00 e. The van der Waals surface area contributed by atoms with Crippen molar-refractivity contribution in [3.63, 3.8) is 0 Å². The third-order valence-electron chi connectivity index (χ3n) is 3.69. The van der Waals surface area contributed by atoms with E-state index in [-0.39, 0.29) is 110 Å². The third-order valence-corrected chi connectivity index (χ3v) is 3.69. The maximum atomic E-state index is 11.9. The van der Waals surface area contributed by atoms with Crippen LogP contribution in [0.4, 0.5) is 0 Å². The number of hydrogen-bond donors (Lipinski definition) is 2. The summed E-state index contributed by atoms with van der Waals surface area (Å²) in [5, 5.41) is 40.2. The minimum absolute atomic E-state index is 0. The molecule has 0 aromatic heterocycles. The van der Waals surface area contributed by atoms with Gasteiger partial charge >= 0.3 is 71.1 Å². The standard InChI is InChI=1S/C17H30N2O7.2Na/c1-2-3-4-14(20)13-19(10-7-17(25)26)12-11-18(8-5-15(21)22)9-6-16(23)24;;/h4,20H,2-3,5-13H2,1H3,(H,21,22)(H,23,24)(H,25,26);;/q;2*+1/p-2/b14-4-;;. The first kappa shape index (κ1) is 32.5. The van der Waals surface area contributed by atoms with Gasteiger partial charge < -0.3 is 30.1 Å². The van der Waals surface area contributed by atoms with Gasteiger partial charge in [0.2, 0.25) is 0 Å². The molecule has 11 heteroatoms. The molecule has 0 aromatic rings. The molecule has 0 unspecified atom stereocenters. The number of carboxylic acids is 3. The van der Waals surface area contributed by atoms with Gasteiger partial charge in [-0.25, -0.2) is 0 Å². The van der Waals surface area contributed by atoms with Gasteiger partial charge in [0.05, 0.1) is 12.8 Å². The van der Waals surface area contributed by atoms with Crippen LogP contribution in [0, 0.1) is 0 Å². The van der Waals surface area contributed by atoms with Gasteiger partial charge in [0.15, 0.2) is 0 Å². The summed E-state index contributed by atoms with van der Waals surface area (Å²) < 4.78 is 0. The summed E-state index contributed by atoms with van der Waals surface area (Å²) >= 11 is 0. The van der Waals surface area contributed by atoms with Crippen LogP contribution in [-0.4, -0.2) is 77.2 Å². The molecule has 150 valence electrons. The van der Waals surface area contributed by atoms with E-state index in [2.05, 4.69) is 0 Å². The van der Waals surface area contributed by atoms with E-state index in [1.165, 1.54) is 0 Å². The first-order chi connectivity index (χ1) is 12.2. The van der Waals surface area contributed by atoms with Crippen LogP contribution < -0.4 is 69.3 Å². The number of aliphatic carboxylic acids is 3. The minimum Gasteiger partial charge on any atom is -0.875 e. The predicted octanol–water partition coefficient (Wildman–Crippen LogP) is -7.27. The Hall–Kier alpha value is -0.130. The average molecular weight is 418 g/mol. The zero-order valence-corrected chi connectivity index (χ0v) is 21.2. The SMILES string of the molecule is CCC/C=C(\[O-])CN(CCC(=O)O)CCN(CCC(=O)[O-])CCC(=O)O.[Na+].[Na+]. The molecule has 0 heterocycles. The fraction of sp³-hybridized carbons (Fsp3) is 0.706. The van der Waals surface area contributed by atoms with Crippen molar-refractivity contribution in [1.82, 2.24) is 9.80 Å². The molecule has 0 aliphatic carbocycles. The second kappa shape index (κ2) is 20.2. The molecular formula is C17H28N2Na2O7. The van der Waals surface area contributed by atoms with Gasteiger partial charge in [0.25, 0.3) is 0 Å². The fourth-order valence-electron chi connectivity index (χ4n) is 2.24. The Kier molecular flexibility index (Phi) is 23.4. The molecule has 0 saturated heterocycles. The molecule has 0 spiro atoms. The minimum atomic E-state index is -1.22. The second-order valence-electron chi connectivity index (χ2n) is 5.99. The van der Waals surface area contributed by atoms with Crippen LogP contribution in [0.15, 0.2) is 11.8 Å². The van der Waals surface area contributed by atoms with E-state index >= 15 is 0 Å². The monoisotopic (exact) mass is 418 g/mol. The molecule has 0 bridgehead atoms. The Morgan fingerprint density at radius 2 is 1.29 bits per heavy atom. The van der Waals surface area contributed by atoms with Gasteiger partial charge in [0.1, 0.15) is 0 Å². The van der Waals surface area contributed by atoms with Crippen molar-refractivity contribution in [3.8, 4) is 0 Å². The molecule has 0 rings (SSSR count). The van der Waals surface area contributed by atoms with Crippen molar-refractivity contribution in [2.75, 3.05) is 39.3 Å². The summed E-state index contributed by atoms with van der Waals surface area (Å²) in [5.41, 5.74) is 0. The van der Waals surface area contributed by atoms with E-state index in [0.717, 1.165) is 6.42 Å². The van der Waals surface area contributed by atoms with Gasteiger partial charge in [-0.05, 0) is 12.8 Å². The molecule has 0 aliphatic heterocycles. The van der Waals surface area contributed by atoms with Gasteiger partial charge in [-0.2, -0.15) is 0 Å². The molecule has 2 N–H and O–H groups in total. The van der Waals surface area contributed by atoms with E-state index in [4.69, 9.17) is 10.2 Å². The molecule has 0 radical (unpaired) electrons. The van der Waals surface area contributed by atoms with Gasteiger partial charge in [0, 0.05) is 45.2 Å². The Balaban J connectivity index is -0.00000312. The normalized spacial score (nSPS) is 11.0. The van der Waals surface area contributed by atoms with Crippen LogP contribution in [0.5, 0.6) is 0 Å². The smallest absolute Gasteiger partial charge is 0.875 e. The van der Waals surface area contributed by atoms with Crippen molar-refractivity contribution >= 4 is 17.9 Å². The maximum absolute atomic E-state index is 11.9. The average Bonchev–Trinajstić information content (AvgIpc) is 2.56. The first-order valence-corrected chi connectivity index (χ1v) is 8.68. The van der Waals surface area contributed by atoms with Gasteiger partial charge in [-0.15, -0.1) is 5.76 Å². The van der Waals surface area contributed by atoms with Crippen LogP contribution in [0.3, 0.4) is 0 Å². The number of nitrogens with zero attached hydrogens (tertiary/aromatic N) is 2. The topological polar surface area (TPSA) is 144 Å². The Labute approximate surface area is 210 Å². The summed E-state index contributed by atoms with van der Waals surface area (Å²) in [6, 6.07) is 0. The van der Waals surface area contributed by atoms with Crippen LogP contribution >= 0.6 is 0 Å². The number of carbonyl (C=O) groups is 3. The molecule has 0 aromatic carbocycles. The zero-order valence-electron chi connectivity index (χ0n) is 17.2. The van der Waals surface area contributed by atoms with Crippen LogP contribution in [0.1, 0.15) is 39.0 Å². The zero-order chi connectivity index (χ0) is 19.9. The van der Waals surface area contributed by atoms with Crippen LogP contribution in [0.2, 0.25) is 0 Å². The molecule has 0 saturated carbocycles. The number of carboxylic acid groups (broad SMARTS) is 3. The first-order valence-electron chi connectivity index (χ1n) is 8.68. The molecule has 28 heavy (non-hydrogen) atoms. The molecular weight excluding hydrogens is 390 g/mol. The van der Waals surface area contributed by atoms with Crippen LogP contribution in [-0.2, 0) is 14.4 Å². The summed E-state index contributed by atoms with van der Waals surface area (Å²) in [6.45, 7) is 3.20. The van der Waals surface area contributed by atoms with Crippen molar-refractivity contribution < 1.29 is 93.9 Å². The number of rotatable bonds is 16. The number of allylic oxidation sites excluding steroid dienone is 1. The van der Waals surface area contributed by atoms with Crippen molar-refractivity contribution in [2.24, 2.45) is 0 Å². The van der Waals surface area contributed by atoms with Crippen LogP contribution in [0.25, 0.3) is 0 Å². The van der Waals surface area contributed by atoms with E-state index in [1.54, 1.807) is 15.9 Å². The summed E-state index contributed by atoms with van der Waals surface area (Å²) in [7, 11) is 0. The van der Waals surface area contributed by atoms with Gasteiger partial charge in [-0.1, -0.05) is 19.4 Å². The quantitative estimate of drug-likeness (QED) is 0.184. The molecule has 0 fully saturated rings. The summed E-state index contributed by atoms with van der Waals surface area (Å²) in [6.07, 6.45) is 2.60. The van der Waals surface area contributed by atoms with Crippen molar-refractivity contribution in [3.05, 3.63) is 11.8 Å². The molecule has 0 atom stereocenters. The van der Waals surface area contributed by atoms with Gasteiger partial charge in [-0.3, -0.25) is 14.5 Å².